The van der Waals surface area contributed by atoms with E-state index in [0.717, 1.165) is 17.7 Å². The summed E-state index contributed by atoms with van der Waals surface area (Å²) < 4.78 is 26.7. The van der Waals surface area contributed by atoms with E-state index >= 15 is 0 Å². The molecule has 1 aromatic heterocycles. The molecule has 2 N–H and O–H groups in total. The molecule has 0 spiro atoms. The molecule has 3 nitrogen and oxygen atoms in total. The number of halogens is 2. The molecule has 1 atom stereocenters. The maximum absolute atomic E-state index is 13.4. The zero-order chi connectivity index (χ0) is 14.5. The molecular weight excluding hydrogens is 284 g/mol. The average Bonchev–Trinajstić information content (AvgIpc) is 2.92. The van der Waals surface area contributed by atoms with Crippen LogP contribution >= 0.6 is 11.3 Å². The quantitative estimate of drug-likeness (QED) is 0.891. The minimum absolute atomic E-state index is 0.129. The molecule has 0 aliphatic heterocycles. The summed E-state index contributed by atoms with van der Waals surface area (Å²) in [6.45, 7) is 0.129. The van der Waals surface area contributed by atoms with Gasteiger partial charge in [-0.3, -0.25) is 4.79 Å². The van der Waals surface area contributed by atoms with Gasteiger partial charge in [-0.1, -0.05) is 6.07 Å². The molecule has 0 saturated carbocycles. The lowest BCUT2D eigenvalue weighted by Gasteiger charge is -2.10. The number of amides is 1. The number of thiophene rings is 1. The van der Waals surface area contributed by atoms with Crippen molar-refractivity contribution in [1.82, 2.24) is 5.32 Å². The van der Waals surface area contributed by atoms with Gasteiger partial charge in [0.25, 0.3) is 5.91 Å². The summed E-state index contributed by atoms with van der Waals surface area (Å²) in [5.41, 5.74) is 0.166. The SMILES string of the molecule is O=C(NCC[C@@H](O)c1ccsc1)c1c(F)cccc1F. The van der Waals surface area contributed by atoms with Crippen molar-refractivity contribution in [3.05, 3.63) is 57.8 Å². The van der Waals surface area contributed by atoms with Crippen LogP contribution in [-0.4, -0.2) is 17.6 Å². The summed E-state index contributed by atoms with van der Waals surface area (Å²) in [6.07, 6.45) is -0.426. The van der Waals surface area contributed by atoms with E-state index in [4.69, 9.17) is 0 Å². The van der Waals surface area contributed by atoms with E-state index in [1.54, 1.807) is 6.07 Å². The lowest BCUT2D eigenvalue weighted by Crippen LogP contribution is -2.27. The molecule has 1 heterocycles. The molecule has 2 aromatic rings. The maximum atomic E-state index is 13.4. The molecule has 6 heteroatoms. The van der Waals surface area contributed by atoms with Crippen LogP contribution in [0.3, 0.4) is 0 Å². The van der Waals surface area contributed by atoms with Crippen molar-refractivity contribution >= 4 is 17.2 Å². The van der Waals surface area contributed by atoms with Crippen LogP contribution in [0.4, 0.5) is 8.78 Å². The Kier molecular flexibility index (Phi) is 4.81. The maximum Gasteiger partial charge on any atom is 0.257 e. The molecule has 0 aliphatic carbocycles. The minimum atomic E-state index is -0.902. The van der Waals surface area contributed by atoms with Crippen molar-refractivity contribution in [3.63, 3.8) is 0 Å². The van der Waals surface area contributed by atoms with E-state index in [-0.39, 0.29) is 13.0 Å². The predicted molar refractivity (Wildman–Crippen MR) is 72.6 cm³/mol. The van der Waals surface area contributed by atoms with Gasteiger partial charge in [0.2, 0.25) is 0 Å². The van der Waals surface area contributed by atoms with E-state index < -0.39 is 29.2 Å². The number of aliphatic hydroxyl groups excluding tert-OH is 1. The van der Waals surface area contributed by atoms with Crippen LogP contribution in [0.5, 0.6) is 0 Å². The number of carbonyl (C=O) groups excluding carboxylic acids is 1. The van der Waals surface area contributed by atoms with Gasteiger partial charge in [-0.2, -0.15) is 11.3 Å². The highest BCUT2D eigenvalue weighted by atomic mass is 32.1. The summed E-state index contributed by atoms with van der Waals surface area (Å²) >= 11 is 1.46. The van der Waals surface area contributed by atoms with Crippen molar-refractivity contribution < 1.29 is 18.7 Å². The third kappa shape index (κ3) is 3.40. The van der Waals surface area contributed by atoms with E-state index in [0.29, 0.717) is 0 Å². The van der Waals surface area contributed by atoms with Gasteiger partial charge in [0, 0.05) is 6.54 Å². The summed E-state index contributed by atoms with van der Waals surface area (Å²) in [4.78, 5) is 11.7. The summed E-state index contributed by atoms with van der Waals surface area (Å²) in [7, 11) is 0. The first kappa shape index (κ1) is 14.6. The first-order valence-electron chi connectivity index (χ1n) is 6.02. The minimum Gasteiger partial charge on any atom is -0.388 e. The highest BCUT2D eigenvalue weighted by Crippen LogP contribution is 2.18. The molecule has 2 rings (SSSR count). The third-order valence-electron chi connectivity index (χ3n) is 2.82. The highest BCUT2D eigenvalue weighted by molar-refractivity contribution is 7.07. The Bertz CT molecular complexity index is 567. The number of benzene rings is 1. The molecule has 20 heavy (non-hydrogen) atoms. The number of rotatable bonds is 5. The number of hydrogen-bond acceptors (Lipinski definition) is 3. The van der Waals surface area contributed by atoms with E-state index in [2.05, 4.69) is 5.32 Å². The fraction of sp³-hybridized carbons (Fsp3) is 0.214. The van der Waals surface area contributed by atoms with Crippen LogP contribution in [0.15, 0.2) is 35.0 Å². The molecule has 0 aliphatic rings. The Morgan fingerprint density at radius 3 is 2.60 bits per heavy atom. The van der Waals surface area contributed by atoms with Crippen molar-refractivity contribution in [1.29, 1.82) is 0 Å². The second-order valence-electron chi connectivity index (χ2n) is 4.21. The first-order chi connectivity index (χ1) is 9.59. The molecular formula is C14H13F2NO2S. The van der Waals surface area contributed by atoms with Crippen LogP contribution in [0.25, 0.3) is 0 Å². The highest BCUT2D eigenvalue weighted by Gasteiger charge is 2.17. The molecule has 0 radical (unpaired) electrons. The van der Waals surface area contributed by atoms with Gasteiger partial charge in [0.05, 0.1) is 6.10 Å². The fourth-order valence-electron chi connectivity index (χ4n) is 1.76. The van der Waals surface area contributed by atoms with Crippen molar-refractivity contribution in [2.24, 2.45) is 0 Å². The molecule has 1 aromatic carbocycles. The molecule has 0 fully saturated rings. The van der Waals surface area contributed by atoms with Gasteiger partial charge < -0.3 is 10.4 Å². The largest absolute Gasteiger partial charge is 0.388 e. The number of hydrogen-bond donors (Lipinski definition) is 2. The lowest BCUT2D eigenvalue weighted by molar-refractivity contribution is 0.0934. The van der Waals surface area contributed by atoms with Crippen LogP contribution in [0.2, 0.25) is 0 Å². The number of carbonyl (C=O) groups is 1. The Morgan fingerprint density at radius 2 is 2.00 bits per heavy atom. The van der Waals surface area contributed by atoms with Gasteiger partial charge in [0.15, 0.2) is 0 Å². The monoisotopic (exact) mass is 297 g/mol. The first-order valence-corrected chi connectivity index (χ1v) is 6.96. The number of nitrogens with one attached hydrogen (secondary N) is 1. The standard InChI is InChI=1S/C14H13F2NO2S/c15-10-2-1-3-11(16)13(10)14(19)17-6-4-12(18)9-5-7-20-8-9/h1-3,5,7-8,12,18H,4,6H2,(H,17,19)/t12-/m1/s1. The second kappa shape index (κ2) is 6.58. The van der Waals surface area contributed by atoms with Crippen LogP contribution in [-0.2, 0) is 0 Å². The van der Waals surface area contributed by atoms with E-state index in [1.165, 1.54) is 17.4 Å². The Labute approximate surface area is 118 Å². The normalized spacial score (nSPS) is 12.2. The van der Waals surface area contributed by atoms with Crippen molar-refractivity contribution in [3.8, 4) is 0 Å². The summed E-state index contributed by atoms with van der Waals surface area (Å²) in [5, 5.41) is 15.9. The van der Waals surface area contributed by atoms with Gasteiger partial charge in [-0.15, -0.1) is 0 Å². The van der Waals surface area contributed by atoms with Gasteiger partial charge >= 0.3 is 0 Å². The van der Waals surface area contributed by atoms with Crippen LogP contribution < -0.4 is 5.32 Å². The third-order valence-corrected chi connectivity index (χ3v) is 3.52. The molecule has 1 amide bonds. The van der Waals surface area contributed by atoms with E-state index in [9.17, 15) is 18.7 Å². The predicted octanol–water partition coefficient (Wildman–Crippen LogP) is 2.88. The topological polar surface area (TPSA) is 49.3 Å². The average molecular weight is 297 g/mol. The Balaban J connectivity index is 1.90. The van der Waals surface area contributed by atoms with Crippen molar-refractivity contribution in [2.45, 2.75) is 12.5 Å². The fourth-order valence-corrected chi connectivity index (χ4v) is 2.46. The van der Waals surface area contributed by atoms with Gasteiger partial charge in [-0.05, 0) is 40.9 Å². The Hall–Kier alpha value is -1.79. The number of aliphatic hydroxyl groups is 1. The summed E-state index contributed by atoms with van der Waals surface area (Å²) in [5.74, 6) is -2.63. The molecule has 0 unspecified atom stereocenters. The summed E-state index contributed by atoms with van der Waals surface area (Å²) in [6, 6.07) is 5.03. The second-order valence-corrected chi connectivity index (χ2v) is 4.99. The lowest BCUT2D eigenvalue weighted by atomic mass is 10.1. The Morgan fingerprint density at radius 1 is 1.30 bits per heavy atom. The molecule has 0 saturated heterocycles. The zero-order valence-electron chi connectivity index (χ0n) is 10.5. The zero-order valence-corrected chi connectivity index (χ0v) is 11.3. The van der Waals surface area contributed by atoms with Gasteiger partial charge in [-0.25, -0.2) is 8.78 Å². The van der Waals surface area contributed by atoms with Crippen LogP contribution in [0.1, 0.15) is 28.4 Å². The molecule has 106 valence electrons. The van der Waals surface area contributed by atoms with E-state index in [1.807, 2.05) is 10.8 Å². The smallest absolute Gasteiger partial charge is 0.257 e. The van der Waals surface area contributed by atoms with Crippen LogP contribution in [0, 0.1) is 11.6 Å². The molecule has 0 bridgehead atoms. The van der Waals surface area contributed by atoms with Crippen molar-refractivity contribution in [2.75, 3.05) is 6.54 Å². The van der Waals surface area contributed by atoms with Gasteiger partial charge in [0.1, 0.15) is 17.2 Å².